The van der Waals surface area contributed by atoms with Crippen molar-refractivity contribution in [2.24, 2.45) is 0 Å². The molecule has 1 aromatic carbocycles. The van der Waals surface area contributed by atoms with Crippen molar-refractivity contribution in [3.63, 3.8) is 0 Å². The predicted octanol–water partition coefficient (Wildman–Crippen LogP) is 3.37. The molecule has 1 atom stereocenters. The van der Waals surface area contributed by atoms with Crippen molar-refractivity contribution in [1.82, 2.24) is 0 Å². The molecule has 3 heteroatoms. The summed E-state index contributed by atoms with van der Waals surface area (Å²) in [5.41, 5.74) is 0.416. The van der Waals surface area contributed by atoms with Crippen molar-refractivity contribution >= 4 is 11.6 Å². The minimum absolute atomic E-state index is 0.0323. The van der Waals surface area contributed by atoms with Gasteiger partial charge in [-0.05, 0) is 18.6 Å². The van der Waals surface area contributed by atoms with Crippen LogP contribution < -0.4 is 0 Å². The van der Waals surface area contributed by atoms with Crippen LogP contribution in [0.4, 0.5) is 8.78 Å². The molecular weight excluding hydrogens is 182 g/mol. The van der Waals surface area contributed by atoms with Gasteiger partial charge in [-0.25, -0.2) is 4.39 Å². The van der Waals surface area contributed by atoms with Gasteiger partial charge in [0.1, 0.15) is 5.82 Å². The third kappa shape index (κ3) is 1.75. The molecule has 0 amide bonds. The van der Waals surface area contributed by atoms with E-state index in [2.05, 4.69) is 6.92 Å². The van der Waals surface area contributed by atoms with Gasteiger partial charge in [0.2, 0.25) is 0 Å². The van der Waals surface area contributed by atoms with E-state index in [1.54, 1.807) is 6.07 Å². The predicted molar refractivity (Wildman–Crippen MR) is 45.5 cm³/mol. The smallest absolute Gasteiger partial charge is 0.142 e. The fourth-order valence-electron chi connectivity index (χ4n) is 0.919. The average molecular weight is 190 g/mol. The molecule has 1 aromatic rings. The summed E-state index contributed by atoms with van der Waals surface area (Å²) >= 11 is 5.59. The van der Waals surface area contributed by atoms with E-state index in [4.69, 9.17) is 11.6 Å². The lowest BCUT2D eigenvalue weighted by atomic mass is 10.0. The Morgan fingerprint density at radius 3 is 2.75 bits per heavy atom. The number of halogens is 3. The fraction of sp³-hybridized carbons (Fsp3) is 0.222. The van der Waals surface area contributed by atoms with E-state index < -0.39 is 18.4 Å². The molecule has 0 aromatic heterocycles. The zero-order valence-electron chi connectivity index (χ0n) is 6.36. The van der Waals surface area contributed by atoms with Crippen LogP contribution in [0.3, 0.4) is 0 Å². The summed E-state index contributed by atoms with van der Waals surface area (Å²) < 4.78 is 24.9. The Kier molecular flexibility index (Phi) is 3.04. The number of benzene rings is 1. The van der Waals surface area contributed by atoms with Gasteiger partial charge in [-0.15, -0.1) is 0 Å². The van der Waals surface area contributed by atoms with Gasteiger partial charge in [-0.3, -0.25) is 4.39 Å². The molecule has 0 aliphatic heterocycles. The topological polar surface area (TPSA) is 0 Å². The largest absolute Gasteiger partial charge is 0.250 e. The van der Waals surface area contributed by atoms with Gasteiger partial charge in [0, 0.05) is 5.92 Å². The molecule has 12 heavy (non-hydrogen) atoms. The van der Waals surface area contributed by atoms with Gasteiger partial charge in [-0.1, -0.05) is 23.7 Å². The maximum absolute atomic E-state index is 12.8. The van der Waals surface area contributed by atoms with E-state index >= 15 is 0 Å². The van der Waals surface area contributed by atoms with Gasteiger partial charge < -0.3 is 0 Å². The van der Waals surface area contributed by atoms with E-state index in [-0.39, 0.29) is 5.02 Å². The van der Waals surface area contributed by atoms with Crippen LogP contribution in [0.2, 0.25) is 5.02 Å². The van der Waals surface area contributed by atoms with Gasteiger partial charge in [-0.2, -0.15) is 0 Å². The summed E-state index contributed by atoms with van der Waals surface area (Å²) in [6.45, 7) is 2.87. The Morgan fingerprint density at radius 1 is 1.50 bits per heavy atom. The molecular formula is C9H8ClF2. The van der Waals surface area contributed by atoms with Gasteiger partial charge in [0.15, 0.2) is 0 Å². The van der Waals surface area contributed by atoms with E-state index in [1.807, 2.05) is 0 Å². The number of hydrogen-bond acceptors (Lipinski definition) is 0. The van der Waals surface area contributed by atoms with Crippen molar-refractivity contribution < 1.29 is 8.78 Å². The van der Waals surface area contributed by atoms with Crippen molar-refractivity contribution in [2.45, 2.75) is 5.92 Å². The molecule has 0 nitrogen and oxygen atoms in total. The fourth-order valence-corrected chi connectivity index (χ4v) is 1.20. The van der Waals surface area contributed by atoms with Crippen molar-refractivity contribution in [1.29, 1.82) is 0 Å². The molecule has 65 valence electrons. The molecule has 0 saturated heterocycles. The Morgan fingerprint density at radius 2 is 2.17 bits per heavy atom. The Labute approximate surface area is 75.2 Å². The molecule has 0 aliphatic rings. The first-order valence-corrected chi connectivity index (χ1v) is 3.87. The van der Waals surface area contributed by atoms with Crippen LogP contribution >= 0.6 is 11.6 Å². The molecule has 1 rings (SSSR count). The summed E-state index contributed by atoms with van der Waals surface area (Å²) in [6.07, 6.45) is 0. The van der Waals surface area contributed by atoms with Crippen LogP contribution in [0, 0.1) is 12.7 Å². The molecule has 0 spiro atoms. The second kappa shape index (κ2) is 3.85. The molecule has 0 aliphatic carbocycles. The minimum atomic E-state index is -0.636. The summed E-state index contributed by atoms with van der Waals surface area (Å²) in [5, 5.41) is -0.0323. The molecule has 1 radical (unpaired) electrons. The minimum Gasteiger partial charge on any atom is -0.250 e. The van der Waals surface area contributed by atoms with E-state index in [1.165, 1.54) is 12.1 Å². The zero-order chi connectivity index (χ0) is 9.14. The third-order valence-corrected chi connectivity index (χ3v) is 2.01. The third-order valence-electron chi connectivity index (χ3n) is 1.61. The van der Waals surface area contributed by atoms with E-state index in [0.717, 1.165) is 0 Å². The van der Waals surface area contributed by atoms with Crippen molar-refractivity contribution in [3.8, 4) is 0 Å². The Bertz CT molecular complexity index is 273. The van der Waals surface area contributed by atoms with E-state index in [9.17, 15) is 8.78 Å². The zero-order valence-corrected chi connectivity index (χ0v) is 7.11. The second-order valence-corrected chi connectivity index (χ2v) is 2.87. The standard InChI is InChI=1S/C9H8ClF2/c1-6(5-11)7-3-2-4-8(12)9(7)10/h2-4,6H,1,5H2. The van der Waals surface area contributed by atoms with E-state index in [0.29, 0.717) is 5.56 Å². The maximum Gasteiger partial charge on any atom is 0.142 e. The molecule has 0 N–H and O–H groups in total. The number of hydrogen-bond donors (Lipinski definition) is 0. The lowest BCUT2D eigenvalue weighted by molar-refractivity contribution is 0.464. The second-order valence-electron chi connectivity index (χ2n) is 2.49. The van der Waals surface area contributed by atoms with Crippen LogP contribution in [0.1, 0.15) is 11.5 Å². The van der Waals surface area contributed by atoms with Gasteiger partial charge in [0.25, 0.3) is 0 Å². The lowest BCUT2D eigenvalue weighted by Gasteiger charge is -2.08. The highest BCUT2D eigenvalue weighted by molar-refractivity contribution is 6.31. The van der Waals surface area contributed by atoms with Gasteiger partial charge >= 0.3 is 0 Å². The summed E-state index contributed by atoms with van der Waals surface area (Å²) in [6, 6.07) is 4.30. The average Bonchev–Trinajstić information content (AvgIpc) is 2.08. The highest BCUT2D eigenvalue weighted by atomic mass is 35.5. The first kappa shape index (κ1) is 9.46. The monoisotopic (exact) mass is 189 g/mol. The quantitative estimate of drug-likeness (QED) is 0.669. The first-order chi connectivity index (χ1) is 5.66. The molecule has 0 saturated carbocycles. The lowest BCUT2D eigenvalue weighted by Crippen LogP contribution is -1.97. The van der Waals surface area contributed by atoms with Crippen molar-refractivity contribution in [2.75, 3.05) is 6.67 Å². The Hall–Kier alpha value is -0.630. The summed E-state index contributed by atoms with van der Waals surface area (Å²) in [7, 11) is 0. The van der Waals surface area contributed by atoms with Crippen LogP contribution in [-0.2, 0) is 0 Å². The summed E-state index contributed by atoms with van der Waals surface area (Å²) in [4.78, 5) is 0. The maximum atomic E-state index is 12.8. The van der Waals surface area contributed by atoms with Crippen LogP contribution in [0.5, 0.6) is 0 Å². The van der Waals surface area contributed by atoms with Crippen LogP contribution in [-0.4, -0.2) is 6.67 Å². The number of alkyl halides is 1. The highest BCUT2D eigenvalue weighted by Gasteiger charge is 2.11. The van der Waals surface area contributed by atoms with Gasteiger partial charge in [0.05, 0.1) is 11.7 Å². The van der Waals surface area contributed by atoms with Crippen LogP contribution in [0.25, 0.3) is 0 Å². The molecule has 0 fully saturated rings. The molecule has 0 bridgehead atoms. The highest BCUT2D eigenvalue weighted by Crippen LogP contribution is 2.26. The first-order valence-electron chi connectivity index (χ1n) is 3.49. The Balaban J connectivity index is 3.07. The van der Waals surface area contributed by atoms with Crippen LogP contribution in [0.15, 0.2) is 18.2 Å². The molecule has 1 unspecified atom stereocenters. The SMILES string of the molecule is [CH2]C(CF)c1cccc(F)c1Cl. The number of rotatable bonds is 2. The summed E-state index contributed by atoms with van der Waals surface area (Å²) in [5.74, 6) is -1.12. The molecule has 0 heterocycles. The normalized spacial score (nSPS) is 13.0. The van der Waals surface area contributed by atoms with Crippen molar-refractivity contribution in [3.05, 3.63) is 41.5 Å².